The van der Waals surface area contributed by atoms with Crippen LogP contribution < -0.4 is 0 Å². The lowest BCUT2D eigenvalue weighted by Crippen LogP contribution is -2.39. The highest BCUT2D eigenvalue weighted by atomic mass is 32.2. The second kappa shape index (κ2) is 6.80. The second-order valence-electron chi connectivity index (χ2n) is 4.03. The summed E-state index contributed by atoms with van der Waals surface area (Å²) in [6.07, 6.45) is -0.523. The molecule has 18 heavy (non-hydrogen) atoms. The van der Waals surface area contributed by atoms with Crippen molar-refractivity contribution < 1.29 is 23.8 Å². The Bertz CT molecular complexity index is 330. The van der Waals surface area contributed by atoms with Crippen molar-refractivity contribution in [3.8, 4) is 0 Å². The van der Waals surface area contributed by atoms with Crippen molar-refractivity contribution in [2.45, 2.75) is 44.5 Å². The normalized spacial score (nSPS) is 29.2. The van der Waals surface area contributed by atoms with Crippen LogP contribution in [0.15, 0.2) is 12.7 Å². The Hall–Kier alpha value is -1.01. The number of thioether (sulfide) groups is 1. The number of carbonyl (C=O) groups is 2. The van der Waals surface area contributed by atoms with E-state index in [1.54, 1.807) is 11.8 Å². The molecule has 1 rings (SSSR count). The van der Waals surface area contributed by atoms with Gasteiger partial charge in [0.1, 0.15) is 0 Å². The molecule has 102 valence electrons. The van der Waals surface area contributed by atoms with Gasteiger partial charge in [-0.05, 0) is 13.8 Å². The molecule has 1 aliphatic heterocycles. The van der Waals surface area contributed by atoms with Gasteiger partial charge in [0.25, 0.3) is 0 Å². The maximum Gasteiger partial charge on any atom is 0.349 e. The monoisotopic (exact) mass is 274 g/mol. The van der Waals surface area contributed by atoms with Crippen LogP contribution >= 0.6 is 11.8 Å². The Balaban J connectivity index is 2.40. The molecule has 0 aromatic heterocycles. The van der Waals surface area contributed by atoms with Gasteiger partial charge in [0, 0.05) is 11.3 Å². The van der Waals surface area contributed by atoms with E-state index in [1.807, 2.05) is 6.92 Å². The van der Waals surface area contributed by atoms with Gasteiger partial charge in [-0.25, -0.2) is 9.59 Å². The molecule has 1 aliphatic rings. The predicted molar refractivity (Wildman–Crippen MR) is 68.1 cm³/mol. The molecule has 4 unspecified atom stereocenters. The topological polar surface area (TPSA) is 61.8 Å². The molecule has 4 atom stereocenters. The highest BCUT2D eigenvalue weighted by molar-refractivity contribution is 8.00. The quantitative estimate of drug-likeness (QED) is 0.572. The van der Waals surface area contributed by atoms with Gasteiger partial charge in [-0.15, -0.1) is 11.8 Å². The third-order valence-electron chi connectivity index (χ3n) is 2.56. The molecule has 1 fully saturated rings. The number of hydrogen-bond acceptors (Lipinski definition) is 6. The van der Waals surface area contributed by atoms with Crippen LogP contribution in [0.25, 0.3) is 0 Å². The Kier molecular flexibility index (Phi) is 5.68. The highest BCUT2D eigenvalue weighted by Gasteiger charge is 2.30. The molecule has 0 N–H and O–H groups in total. The maximum absolute atomic E-state index is 11.6. The lowest BCUT2D eigenvalue weighted by Gasteiger charge is -2.32. The van der Waals surface area contributed by atoms with E-state index in [9.17, 15) is 9.59 Å². The summed E-state index contributed by atoms with van der Waals surface area (Å²) in [5.74, 6) is -0.683. The van der Waals surface area contributed by atoms with E-state index in [0.717, 1.165) is 6.08 Å². The summed E-state index contributed by atoms with van der Waals surface area (Å²) in [6, 6.07) is 0. The summed E-state index contributed by atoms with van der Waals surface area (Å²) >= 11 is 1.68. The molecule has 1 heterocycles. The first kappa shape index (κ1) is 15.0. The van der Waals surface area contributed by atoms with Crippen LogP contribution in [0.4, 0.5) is 0 Å². The summed E-state index contributed by atoms with van der Waals surface area (Å²) in [5, 5.41) is 0.371. The van der Waals surface area contributed by atoms with Gasteiger partial charge in [-0.1, -0.05) is 13.5 Å². The first-order valence-corrected chi connectivity index (χ1v) is 6.79. The SMILES string of the molecule is C=CC(=O)OC(C)C(=O)OC1CSC(C)C(C)O1. The van der Waals surface area contributed by atoms with Gasteiger partial charge in [-0.2, -0.15) is 0 Å². The van der Waals surface area contributed by atoms with E-state index in [2.05, 4.69) is 13.5 Å². The van der Waals surface area contributed by atoms with Crippen molar-refractivity contribution in [2.75, 3.05) is 5.75 Å². The van der Waals surface area contributed by atoms with E-state index in [1.165, 1.54) is 6.92 Å². The molecule has 0 aromatic carbocycles. The van der Waals surface area contributed by atoms with Crippen molar-refractivity contribution in [3.05, 3.63) is 12.7 Å². The Morgan fingerprint density at radius 2 is 2.17 bits per heavy atom. The van der Waals surface area contributed by atoms with E-state index in [0.29, 0.717) is 11.0 Å². The van der Waals surface area contributed by atoms with Crippen LogP contribution in [0.5, 0.6) is 0 Å². The average Bonchev–Trinajstić information content (AvgIpc) is 2.33. The molecule has 1 saturated heterocycles. The molecular formula is C12H18O5S. The van der Waals surface area contributed by atoms with Crippen LogP contribution in [0.2, 0.25) is 0 Å². The van der Waals surface area contributed by atoms with Crippen molar-refractivity contribution >= 4 is 23.7 Å². The molecular weight excluding hydrogens is 256 g/mol. The third kappa shape index (κ3) is 4.34. The lowest BCUT2D eigenvalue weighted by atomic mass is 10.3. The van der Waals surface area contributed by atoms with Crippen LogP contribution in [0, 0.1) is 0 Å². The Morgan fingerprint density at radius 3 is 2.72 bits per heavy atom. The van der Waals surface area contributed by atoms with E-state index in [4.69, 9.17) is 14.2 Å². The minimum absolute atomic E-state index is 0.0209. The Labute approximate surface area is 111 Å². The number of hydrogen-bond donors (Lipinski definition) is 0. The van der Waals surface area contributed by atoms with Gasteiger partial charge < -0.3 is 14.2 Å². The lowest BCUT2D eigenvalue weighted by molar-refractivity contribution is -0.194. The molecule has 5 nitrogen and oxygen atoms in total. The summed E-state index contributed by atoms with van der Waals surface area (Å²) in [6.45, 7) is 8.69. The maximum atomic E-state index is 11.6. The first-order valence-electron chi connectivity index (χ1n) is 5.74. The summed E-state index contributed by atoms with van der Waals surface area (Å²) in [5.41, 5.74) is 0. The van der Waals surface area contributed by atoms with E-state index < -0.39 is 24.3 Å². The summed E-state index contributed by atoms with van der Waals surface area (Å²) < 4.78 is 15.4. The molecule has 0 bridgehead atoms. The second-order valence-corrected chi connectivity index (χ2v) is 5.44. The van der Waals surface area contributed by atoms with Crippen LogP contribution in [0.1, 0.15) is 20.8 Å². The molecule has 0 radical (unpaired) electrons. The molecule has 0 aromatic rings. The zero-order valence-electron chi connectivity index (χ0n) is 10.8. The minimum Gasteiger partial charge on any atom is -0.447 e. The van der Waals surface area contributed by atoms with E-state index in [-0.39, 0.29) is 6.10 Å². The average molecular weight is 274 g/mol. The van der Waals surface area contributed by atoms with Gasteiger partial charge in [0.05, 0.1) is 11.9 Å². The Morgan fingerprint density at radius 1 is 1.50 bits per heavy atom. The molecule has 0 saturated carbocycles. The fourth-order valence-corrected chi connectivity index (χ4v) is 2.26. The molecule has 0 spiro atoms. The van der Waals surface area contributed by atoms with Gasteiger partial charge in [0.2, 0.25) is 6.29 Å². The van der Waals surface area contributed by atoms with Gasteiger partial charge in [-0.3, -0.25) is 0 Å². The minimum atomic E-state index is -0.959. The molecule has 6 heteroatoms. The fraction of sp³-hybridized carbons (Fsp3) is 0.667. The van der Waals surface area contributed by atoms with Crippen molar-refractivity contribution in [1.29, 1.82) is 0 Å². The predicted octanol–water partition coefficient (Wildman–Crippen LogP) is 1.51. The van der Waals surface area contributed by atoms with E-state index >= 15 is 0 Å². The van der Waals surface area contributed by atoms with Crippen LogP contribution in [-0.4, -0.2) is 41.4 Å². The van der Waals surface area contributed by atoms with Gasteiger partial charge >= 0.3 is 11.9 Å². The zero-order chi connectivity index (χ0) is 13.7. The zero-order valence-corrected chi connectivity index (χ0v) is 11.6. The van der Waals surface area contributed by atoms with Gasteiger partial charge in [0.15, 0.2) is 6.10 Å². The van der Waals surface area contributed by atoms with Crippen LogP contribution in [-0.2, 0) is 23.8 Å². The number of rotatable bonds is 4. The number of ether oxygens (including phenoxy) is 3. The smallest absolute Gasteiger partial charge is 0.349 e. The molecule has 0 aliphatic carbocycles. The standard InChI is InChI=1S/C12H18O5S/c1-5-10(13)15-8(3)12(14)17-11-6-18-9(4)7(2)16-11/h5,7-9,11H,1,6H2,2-4H3. The van der Waals surface area contributed by atoms with Crippen molar-refractivity contribution in [3.63, 3.8) is 0 Å². The summed E-state index contributed by atoms with van der Waals surface area (Å²) in [4.78, 5) is 22.6. The first-order chi connectivity index (χ1) is 8.43. The van der Waals surface area contributed by atoms with Crippen molar-refractivity contribution in [2.24, 2.45) is 0 Å². The van der Waals surface area contributed by atoms with Crippen molar-refractivity contribution in [1.82, 2.24) is 0 Å². The molecule has 0 amide bonds. The van der Waals surface area contributed by atoms with Crippen LogP contribution in [0.3, 0.4) is 0 Å². The number of esters is 2. The highest BCUT2D eigenvalue weighted by Crippen LogP contribution is 2.26. The third-order valence-corrected chi connectivity index (χ3v) is 3.94. The fourth-order valence-electron chi connectivity index (χ4n) is 1.31. The largest absolute Gasteiger partial charge is 0.447 e. The number of carbonyl (C=O) groups excluding carboxylic acids is 2. The summed E-state index contributed by atoms with van der Waals surface area (Å²) in [7, 11) is 0.